The Bertz CT molecular complexity index is 503. The molecule has 6 heteroatoms. The first-order valence-corrected chi connectivity index (χ1v) is 10.7. The lowest BCUT2D eigenvalue weighted by Crippen LogP contribution is -2.43. The zero-order valence-corrected chi connectivity index (χ0v) is 15.0. The van der Waals surface area contributed by atoms with E-state index < -0.39 is 14.3 Å². The van der Waals surface area contributed by atoms with Crippen molar-refractivity contribution in [3.05, 3.63) is 11.8 Å². The predicted octanol–water partition coefficient (Wildman–Crippen LogP) is 3.18. The van der Waals surface area contributed by atoms with Crippen LogP contribution in [0.2, 0.25) is 18.1 Å². The minimum Gasteiger partial charge on any atom is -0.478 e. The molecule has 0 saturated heterocycles. The molecule has 0 aromatic rings. The Labute approximate surface area is 132 Å². The van der Waals surface area contributed by atoms with Gasteiger partial charge in [-0.1, -0.05) is 20.8 Å². The van der Waals surface area contributed by atoms with Crippen molar-refractivity contribution in [3.8, 4) is 0 Å². The molecule has 1 aliphatic carbocycles. The number of carbonyl (C=O) groups excluding carboxylic acids is 1. The van der Waals surface area contributed by atoms with Crippen LogP contribution in [0.15, 0.2) is 11.8 Å². The van der Waals surface area contributed by atoms with Crippen LogP contribution in [-0.2, 0) is 18.8 Å². The van der Waals surface area contributed by atoms with Gasteiger partial charge < -0.3 is 14.3 Å². The van der Waals surface area contributed by atoms with Crippen LogP contribution >= 0.6 is 0 Å². The summed E-state index contributed by atoms with van der Waals surface area (Å²) in [5, 5.41) is 9.35. The van der Waals surface area contributed by atoms with Gasteiger partial charge in [-0.05, 0) is 36.9 Å². The van der Waals surface area contributed by atoms with Crippen molar-refractivity contribution in [2.75, 3.05) is 6.61 Å². The molecule has 2 aliphatic rings. The molecule has 22 heavy (non-hydrogen) atoms. The van der Waals surface area contributed by atoms with E-state index in [1.54, 1.807) is 0 Å². The summed E-state index contributed by atoms with van der Waals surface area (Å²) >= 11 is 0. The molecule has 124 valence electrons. The van der Waals surface area contributed by atoms with Gasteiger partial charge in [0, 0.05) is 12.5 Å². The number of esters is 1. The van der Waals surface area contributed by atoms with Crippen molar-refractivity contribution in [2.24, 2.45) is 17.8 Å². The Balaban J connectivity index is 2.08. The van der Waals surface area contributed by atoms with Gasteiger partial charge in [0.1, 0.15) is 6.26 Å². The number of fused-ring (bicyclic) bond motifs is 1. The molecule has 2 unspecified atom stereocenters. The van der Waals surface area contributed by atoms with E-state index in [9.17, 15) is 14.7 Å². The maximum Gasteiger partial charge on any atom is 0.335 e. The van der Waals surface area contributed by atoms with E-state index in [4.69, 9.17) is 9.16 Å². The van der Waals surface area contributed by atoms with E-state index in [0.29, 0.717) is 13.0 Å². The summed E-state index contributed by atoms with van der Waals surface area (Å²) in [6.45, 7) is 11.4. The first kappa shape index (κ1) is 17.2. The molecule has 0 spiro atoms. The third-order valence-electron chi connectivity index (χ3n) is 5.47. The third kappa shape index (κ3) is 3.13. The molecule has 3 atom stereocenters. The molecule has 0 amide bonds. The van der Waals surface area contributed by atoms with Crippen molar-refractivity contribution in [3.63, 3.8) is 0 Å². The second-order valence-electron chi connectivity index (χ2n) is 7.86. The lowest BCUT2D eigenvalue weighted by Gasteiger charge is -2.37. The van der Waals surface area contributed by atoms with E-state index >= 15 is 0 Å². The maximum atomic E-state index is 12.1. The Morgan fingerprint density at radius 3 is 2.59 bits per heavy atom. The van der Waals surface area contributed by atoms with Crippen LogP contribution in [0.3, 0.4) is 0 Å². The summed E-state index contributed by atoms with van der Waals surface area (Å²) in [7, 11) is -1.87. The number of aliphatic carboxylic acids is 1. The second kappa shape index (κ2) is 5.81. The molecule has 1 saturated carbocycles. The largest absolute Gasteiger partial charge is 0.478 e. The highest BCUT2D eigenvalue weighted by atomic mass is 28.4. The van der Waals surface area contributed by atoms with Crippen LogP contribution in [0.5, 0.6) is 0 Å². The lowest BCUT2D eigenvalue weighted by molar-refractivity contribution is -0.148. The number of hydrogen-bond donors (Lipinski definition) is 1. The van der Waals surface area contributed by atoms with Gasteiger partial charge in [-0.25, -0.2) is 4.79 Å². The molecule has 1 fully saturated rings. The molecular weight excluding hydrogens is 300 g/mol. The monoisotopic (exact) mass is 326 g/mol. The fourth-order valence-electron chi connectivity index (χ4n) is 3.00. The first-order valence-electron chi connectivity index (χ1n) is 7.82. The Morgan fingerprint density at radius 2 is 2.05 bits per heavy atom. The van der Waals surface area contributed by atoms with Crippen LogP contribution in [0.4, 0.5) is 0 Å². The fourth-order valence-corrected chi connectivity index (χ4v) is 4.07. The molecule has 1 aliphatic heterocycles. The number of cyclic esters (lactones) is 1. The van der Waals surface area contributed by atoms with Crippen molar-refractivity contribution >= 4 is 20.3 Å². The Morgan fingerprint density at radius 1 is 1.41 bits per heavy atom. The third-order valence-corrected chi connectivity index (χ3v) is 9.98. The average Bonchev–Trinajstić information content (AvgIpc) is 2.80. The summed E-state index contributed by atoms with van der Waals surface area (Å²) in [5.41, 5.74) is 0.222. The zero-order valence-electron chi connectivity index (χ0n) is 14.0. The highest BCUT2D eigenvalue weighted by molar-refractivity contribution is 6.74. The Hall–Kier alpha value is -1.14. The molecule has 0 radical (unpaired) electrons. The van der Waals surface area contributed by atoms with Gasteiger partial charge in [0.05, 0.1) is 11.5 Å². The van der Waals surface area contributed by atoms with E-state index in [-0.39, 0.29) is 34.3 Å². The van der Waals surface area contributed by atoms with Crippen LogP contribution in [0.1, 0.15) is 33.6 Å². The number of carboxylic acids is 1. The number of carbonyl (C=O) groups is 2. The normalized spacial score (nSPS) is 28.9. The lowest BCUT2D eigenvalue weighted by atomic mass is 9.84. The molecule has 0 aromatic heterocycles. The van der Waals surface area contributed by atoms with E-state index in [2.05, 4.69) is 33.9 Å². The van der Waals surface area contributed by atoms with Crippen LogP contribution in [0, 0.1) is 17.8 Å². The van der Waals surface area contributed by atoms with Gasteiger partial charge in [-0.15, -0.1) is 0 Å². The van der Waals surface area contributed by atoms with Crippen molar-refractivity contribution in [2.45, 2.75) is 51.7 Å². The maximum absolute atomic E-state index is 12.1. The molecule has 0 aromatic carbocycles. The number of rotatable bonds is 4. The predicted molar refractivity (Wildman–Crippen MR) is 84.7 cm³/mol. The standard InChI is InChI=1S/C16H26O5Si/c1-16(2,3)22(4,5)21-8-10-6-7-11-12(14(17)18)9-20-15(19)13(10)11/h9-11,13H,6-8H2,1-5H3,(H,17,18)/t10?,11?,13-/m1/s1. The molecule has 1 heterocycles. The number of carboxylic acid groups (broad SMARTS) is 1. The summed E-state index contributed by atoms with van der Waals surface area (Å²) < 4.78 is 11.2. The summed E-state index contributed by atoms with van der Waals surface area (Å²) in [4.78, 5) is 23.3. The summed E-state index contributed by atoms with van der Waals surface area (Å²) in [5.74, 6) is -1.85. The highest BCUT2D eigenvalue weighted by Crippen LogP contribution is 2.45. The molecule has 5 nitrogen and oxygen atoms in total. The number of ether oxygens (including phenoxy) is 1. The summed E-state index contributed by atoms with van der Waals surface area (Å²) in [6, 6.07) is 0. The second-order valence-corrected chi connectivity index (χ2v) is 12.7. The summed E-state index contributed by atoms with van der Waals surface area (Å²) in [6.07, 6.45) is 2.63. The topological polar surface area (TPSA) is 72.8 Å². The first-order chi connectivity index (χ1) is 10.0. The van der Waals surface area contributed by atoms with Gasteiger partial charge in [0.2, 0.25) is 0 Å². The molecular formula is C16H26O5Si. The highest BCUT2D eigenvalue weighted by Gasteiger charge is 2.48. The van der Waals surface area contributed by atoms with E-state index in [0.717, 1.165) is 12.7 Å². The van der Waals surface area contributed by atoms with Crippen LogP contribution < -0.4 is 0 Å². The van der Waals surface area contributed by atoms with E-state index in [1.807, 2.05) is 0 Å². The quantitative estimate of drug-likeness (QED) is 0.634. The van der Waals surface area contributed by atoms with Crippen LogP contribution in [0.25, 0.3) is 0 Å². The Kier molecular flexibility index (Phi) is 4.55. The average molecular weight is 326 g/mol. The van der Waals surface area contributed by atoms with Gasteiger partial charge >= 0.3 is 11.9 Å². The molecule has 2 rings (SSSR count). The van der Waals surface area contributed by atoms with Gasteiger partial charge in [0.15, 0.2) is 8.32 Å². The smallest absolute Gasteiger partial charge is 0.335 e. The molecule has 1 N–H and O–H groups in total. The number of hydrogen-bond acceptors (Lipinski definition) is 4. The van der Waals surface area contributed by atoms with Gasteiger partial charge in [0.25, 0.3) is 0 Å². The fraction of sp³-hybridized carbons (Fsp3) is 0.750. The minimum atomic E-state index is -1.87. The van der Waals surface area contributed by atoms with Gasteiger partial charge in [-0.3, -0.25) is 4.79 Å². The zero-order chi connectivity index (χ0) is 16.7. The van der Waals surface area contributed by atoms with E-state index in [1.165, 1.54) is 0 Å². The molecule has 0 bridgehead atoms. The van der Waals surface area contributed by atoms with Crippen molar-refractivity contribution < 1.29 is 23.9 Å². The van der Waals surface area contributed by atoms with Gasteiger partial charge in [-0.2, -0.15) is 0 Å². The van der Waals surface area contributed by atoms with Crippen LogP contribution in [-0.4, -0.2) is 32.0 Å². The SMILES string of the molecule is CC(C)(C)[Si](C)(C)OCC1CCC2C(C(=O)O)=COC(=O)[C@H]12. The minimum absolute atomic E-state index is 0.0506. The van der Waals surface area contributed by atoms with Crippen molar-refractivity contribution in [1.29, 1.82) is 0 Å². The van der Waals surface area contributed by atoms with Crippen molar-refractivity contribution in [1.82, 2.24) is 0 Å².